The molecule has 0 aliphatic heterocycles. The van der Waals surface area contributed by atoms with Crippen LogP contribution in [0.3, 0.4) is 0 Å². The van der Waals surface area contributed by atoms with Crippen molar-refractivity contribution in [3.63, 3.8) is 0 Å². The van der Waals surface area contributed by atoms with Crippen LogP contribution < -0.4 is 0 Å². The van der Waals surface area contributed by atoms with Gasteiger partial charge in [0.2, 0.25) is 0 Å². The standard InChI is InChI=1S/C13H10O2/c14-10-7-6-9-11(12(9)13(10)15)8-4-2-1-3-5-8/h1-7,11,14-15H. The lowest BCUT2D eigenvalue weighted by Gasteiger charge is -1.96. The topological polar surface area (TPSA) is 40.5 Å². The number of benzene rings is 2. The van der Waals surface area contributed by atoms with Crippen LogP contribution in [-0.4, -0.2) is 10.2 Å². The lowest BCUT2D eigenvalue weighted by atomic mass is 10.1. The lowest BCUT2D eigenvalue weighted by molar-refractivity contribution is 0.403. The van der Waals surface area contributed by atoms with Gasteiger partial charge in [-0.1, -0.05) is 36.4 Å². The molecule has 0 aromatic heterocycles. The first kappa shape index (κ1) is 8.36. The summed E-state index contributed by atoms with van der Waals surface area (Å²) in [6, 6.07) is 13.4. The largest absolute Gasteiger partial charge is 0.504 e. The minimum atomic E-state index is -0.0350. The molecule has 0 radical (unpaired) electrons. The first-order chi connectivity index (χ1) is 7.29. The molecule has 0 fully saturated rings. The van der Waals surface area contributed by atoms with Crippen molar-refractivity contribution in [2.75, 3.05) is 0 Å². The van der Waals surface area contributed by atoms with Crippen LogP contribution in [0.1, 0.15) is 22.6 Å². The molecule has 0 bridgehead atoms. The first-order valence-electron chi connectivity index (χ1n) is 4.88. The number of hydrogen-bond acceptors (Lipinski definition) is 2. The van der Waals surface area contributed by atoms with Gasteiger partial charge in [0.05, 0.1) is 0 Å². The molecule has 2 heteroatoms. The van der Waals surface area contributed by atoms with Gasteiger partial charge in [0.15, 0.2) is 11.5 Å². The predicted molar refractivity (Wildman–Crippen MR) is 57.2 cm³/mol. The van der Waals surface area contributed by atoms with Gasteiger partial charge in [-0.2, -0.15) is 0 Å². The molecule has 74 valence electrons. The number of hydrogen-bond donors (Lipinski definition) is 2. The Kier molecular flexibility index (Phi) is 1.54. The van der Waals surface area contributed by atoms with Crippen LogP contribution in [0.25, 0.3) is 0 Å². The summed E-state index contributed by atoms with van der Waals surface area (Å²) in [5, 5.41) is 19.0. The van der Waals surface area contributed by atoms with Crippen molar-refractivity contribution < 1.29 is 10.2 Å². The third kappa shape index (κ3) is 1.11. The fourth-order valence-electron chi connectivity index (χ4n) is 2.08. The zero-order chi connectivity index (χ0) is 10.4. The highest BCUT2D eigenvalue weighted by molar-refractivity contribution is 5.69. The first-order valence-corrected chi connectivity index (χ1v) is 4.88. The van der Waals surface area contributed by atoms with E-state index in [1.54, 1.807) is 0 Å². The molecule has 0 saturated heterocycles. The fourth-order valence-corrected chi connectivity index (χ4v) is 2.08. The van der Waals surface area contributed by atoms with Gasteiger partial charge in [-0.3, -0.25) is 0 Å². The number of fused-ring (bicyclic) bond motifs is 1. The normalized spacial score (nSPS) is 17.2. The van der Waals surface area contributed by atoms with E-state index in [1.807, 2.05) is 36.4 Å². The second-order valence-electron chi connectivity index (χ2n) is 3.78. The summed E-state index contributed by atoms with van der Waals surface area (Å²) in [4.78, 5) is 0. The van der Waals surface area contributed by atoms with E-state index in [-0.39, 0.29) is 17.4 Å². The molecular weight excluding hydrogens is 188 g/mol. The minimum absolute atomic E-state index is 0.0290. The number of aromatic hydroxyl groups is 2. The van der Waals surface area contributed by atoms with Gasteiger partial charge < -0.3 is 10.2 Å². The van der Waals surface area contributed by atoms with Gasteiger partial charge in [-0.15, -0.1) is 0 Å². The van der Waals surface area contributed by atoms with E-state index in [1.165, 1.54) is 6.07 Å². The summed E-state index contributed by atoms with van der Waals surface area (Å²) in [6.45, 7) is 0. The summed E-state index contributed by atoms with van der Waals surface area (Å²) in [7, 11) is 0. The molecule has 0 amide bonds. The Hall–Kier alpha value is -1.96. The molecule has 1 atom stereocenters. The Morgan fingerprint density at radius 1 is 0.867 bits per heavy atom. The maximum absolute atomic E-state index is 9.64. The van der Waals surface area contributed by atoms with Crippen molar-refractivity contribution in [1.29, 1.82) is 0 Å². The molecule has 0 spiro atoms. The van der Waals surface area contributed by atoms with E-state index < -0.39 is 0 Å². The SMILES string of the molecule is Oc1ccc2c(c1O)C2c1ccccc1. The van der Waals surface area contributed by atoms with Crippen LogP contribution >= 0.6 is 0 Å². The number of phenolic OH excluding ortho intramolecular Hbond substituents is 2. The third-order valence-corrected chi connectivity index (χ3v) is 2.88. The Bertz CT molecular complexity index is 518. The van der Waals surface area contributed by atoms with Crippen LogP contribution in [-0.2, 0) is 0 Å². The van der Waals surface area contributed by atoms with Gasteiger partial charge in [-0.25, -0.2) is 0 Å². The number of phenols is 2. The highest BCUT2D eigenvalue weighted by Gasteiger charge is 2.38. The monoisotopic (exact) mass is 198 g/mol. The van der Waals surface area contributed by atoms with Gasteiger partial charge in [0.1, 0.15) is 0 Å². The van der Waals surface area contributed by atoms with Crippen LogP contribution in [0.15, 0.2) is 42.5 Å². The van der Waals surface area contributed by atoms with Crippen molar-refractivity contribution in [1.82, 2.24) is 0 Å². The maximum atomic E-state index is 9.64. The Labute approximate surface area is 87.4 Å². The molecule has 1 unspecified atom stereocenters. The van der Waals surface area contributed by atoms with Crippen molar-refractivity contribution in [2.24, 2.45) is 0 Å². The van der Waals surface area contributed by atoms with Gasteiger partial charge >= 0.3 is 0 Å². The van der Waals surface area contributed by atoms with Crippen molar-refractivity contribution in [3.8, 4) is 11.5 Å². The summed E-state index contributed by atoms with van der Waals surface area (Å²) in [5.74, 6) is 0.167. The Morgan fingerprint density at radius 3 is 2.33 bits per heavy atom. The van der Waals surface area contributed by atoms with Crippen LogP contribution in [0.5, 0.6) is 11.5 Å². The minimum Gasteiger partial charge on any atom is -0.504 e. The molecule has 3 rings (SSSR count). The van der Waals surface area contributed by atoms with Crippen molar-refractivity contribution >= 4 is 0 Å². The molecular formula is C13H10O2. The van der Waals surface area contributed by atoms with E-state index in [2.05, 4.69) is 0 Å². The molecule has 15 heavy (non-hydrogen) atoms. The second kappa shape index (κ2) is 2.76. The Balaban J connectivity index is 2.06. The molecule has 1 aliphatic rings. The maximum Gasteiger partial charge on any atom is 0.161 e. The third-order valence-electron chi connectivity index (χ3n) is 2.88. The summed E-state index contributed by atoms with van der Waals surface area (Å²) in [6.07, 6.45) is 0. The van der Waals surface area contributed by atoms with E-state index in [0.29, 0.717) is 0 Å². The number of rotatable bonds is 1. The van der Waals surface area contributed by atoms with E-state index in [0.717, 1.165) is 16.7 Å². The van der Waals surface area contributed by atoms with E-state index >= 15 is 0 Å². The zero-order valence-electron chi connectivity index (χ0n) is 8.01. The smallest absolute Gasteiger partial charge is 0.161 e. The quantitative estimate of drug-likeness (QED) is 0.590. The second-order valence-corrected chi connectivity index (χ2v) is 3.78. The molecule has 2 nitrogen and oxygen atoms in total. The van der Waals surface area contributed by atoms with Crippen LogP contribution in [0.2, 0.25) is 0 Å². The molecule has 2 aromatic carbocycles. The van der Waals surface area contributed by atoms with Crippen LogP contribution in [0, 0.1) is 0 Å². The summed E-state index contributed by atoms with van der Waals surface area (Å²) >= 11 is 0. The fraction of sp³-hybridized carbons (Fsp3) is 0.0769. The zero-order valence-corrected chi connectivity index (χ0v) is 8.01. The van der Waals surface area contributed by atoms with Crippen LogP contribution in [0.4, 0.5) is 0 Å². The molecule has 0 heterocycles. The van der Waals surface area contributed by atoms with E-state index in [4.69, 9.17) is 0 Å². The molecule has 2 N–H and O–H groups in total. The van der Waals surface area contributed by atoms with Gasteiger partial charge in [0, 0.05) is 11.5 Å². The lowest BCUT2D eigenvalue weighted by Crippen LogP contribution is -1.78. The molecule has 2 aromatic rings. The highest BCUT2D eigenvalue weighted by atomic mass is 16.3. The average molecular weight is 198 g/mol. The van der Waals surface area contributed by atoms with Crippen molar-refractivity contribution in [2.45, 2.75) is 5.92 Å². The predicted octanol–water partition coefficient (Wildman–Crippen LogP) is 2.59. The van der Waals surface area contributed by atoms with E-state index in [9.17, 15) is 10.2 Å². The molecule has 1 aliphatic carbocycles. The highest BCUT2D eigenvalue weighted by Crippen LogP contribution is 2.55. The summed E-state index contributed by atoms with van der Waals surface area (Å²) < 4.78 is 0. The van der Waals surface area contributed by atoms with Gasteiger partial charge in [0.25, 0.3) is 0 Å². The van der Waals surface area contributed by atoms with Crippen molar-refractivity contribution in [3.05, 3.63) is 59.2 Å². The molecule has 0 saturated carbocycles. The van der Waals surface area contributed by atoms with Gasteiger partial charge in [-0.05, 0) is 17.2 Å². The summed E-state index contributed by atoms with van der Waals surface area (Å²) in [5.41, 5.74) is 3.13. The Morgan fingerprint density at radius 2 is 1.60 bits per heavy atom. The average Bonchev–Trinajstić information content (AvgIpc) is 3.00.